The van der Waals surface area contributed by atoms with Crippen LogP contribution in [0.2, 0.25) is 0 Å². The molecule has 4 nitrogen and oxygen atoms in total. The monoisotopic (exact) mass is 305 g/mol. The molecule has 0 aliphatic carbocycles. The van der Waals surface area contributed by atoms with Gasteiger partial charge in [-0.05, 0) is 23.6 Å². The number of hydrogen-bond donors (Lipinski definition) is 0. The van der Waals surface area contributed by atoms with Gasteiger partial charge in [-0.15, -0.1) is 11.3 Å². The molecule has 0 atom stereocenters. The quantitative estimate of drug-likeness (QED) is 0.766. The van der Waals surface area contributed by atoms with Gasteiger partial charge in [0.25, 0.3) is 0 Å². The van der Waals surface area contributed by atoms with Crippen LogP contribution in [0.1, 0.15) is 36.0 Å². The van der Waals surface area contributed by atoms with E-state index < -0.39 is 0 Å². The standard InChI is InChI=1S/C16H19NO3S/c1-11(2)12-5-4-6-14(7-12)20-9-15-17-13(10-21-15)8-16(18)19-3/h4-7,10-11H,8-9H2,1-3H3. The summed E-state index contributed by atoms with van der Waals surface area (Å²) in [6.45, 7) is 4.71. The summed E-state index contributed by atoms with van der Waals surface area (Å²) in [6, 6.07) is 8.08. The molecule has 0 N–H and O–H groups in total. The van der Waals surface area contributed by atoms with Crippen molar-refractivity contribution in [3.63, 3.8) is 0 Å². The molecule has 112 valence electrons. The molecule has 0 radical (unpaired) electrons. The molecule has 0 bridgehead atoms. The molecule has 0 amide bonds. The second-order valence-electron chi connectivity index (χ2n) is 5.00. The molecule has 1 aromatic heterocycles. The minimum absolute atomic E-state index is 0.204. The number of carbonyl (C=O) groups is 1. The largest absolute Gasteiger partial charge is 0.486 e. The van der Waals surface area contributed by atoms with Gasteiger partial charge in [0.15, 0.2) is 0 Å². The van der Waals surface area contributed by atoms with Crippen LogP contribution in [0.25, 0.3) is 0 Å². The molecule has 1 aromatic carbocycles. The molecule has 0 saturated carbocycles. The van der Waals surface area contributed by atoms with Gasteiger partial charge in [0.2, 0.25) is 0 Å². The lowest BCUT2D eigenvalue weighted by Gasteiger charge is -2.08. The van der Waals surface area contributed by atoms with Crippen molar-refractivity contribution < 1.29 is 14.3 Å². The summed E-state index contributed by atoms with van der Waals surface area (Å²) in [5.74, 6) is 1.03. The van der Waals surface area contributed by atoms with E-state index in [1.165, 1.54) is 24.0 Å². The maximum absolute atomic E-state index is 11.2. The summed E-state index contributed by atoms with van der Waals surface area (Å²) in [5, 5.41) is 2.71. The predicted molar refractivity (Wildman–Crippen MR) is 82.7 cm³/mol. The smallest absolute Gasteiger partial charge is 0.311 e. The van der Waals surface area contributed by atoms with Crippen LogP contribution in [0.15, 0.2) is 29.6 Å². The highest BCUT2D eigenvalue weighted by molar-refractivity contribution is 7.09. The Bertz CT molecular complexity index is 607. The average molecular weight is 305 g/mol. The number of aromatic nitrogens is 1. The van der Waals surface area contributed by atoms with Crippen LogP contribution in [0.3, 0.4) is 0 Å². The normalized spacial score (nSPS) is 10.7. The third-order valence-corrected chi connectivity index (χ3v) is 3.91. The van der Waals surface area contributed by atoms with Crippen molar-refractivity contribution >= 4 is 17.3 Å². The van der Waals surface area contributed by atoms with E-state index in [0.717, 1.165) is 16.5 Å². The Morgan fingerprint density at radius 1 is 1.38 bits per heavy atom. The SMILES string of the molecule is COC(=O)Cc1csc(COc2cccc(C(C)C)c2)n1. The Hall–Kier alpha value is -1.88. The van der Waals surface area contributed by atoms with Crippen molar-refractivity contribution in [2.24, 2.45) is 0 Å². The molecule has 0 spiro atoms. The van der Waals surface area contributed by atoms with Crippen molar-refractivity contribution in [1.29, 1.82) is 0 Å². The van der Waals surface area contributed by atoms with E-state index in [0.29, 0.717) is 12.5 Å². The Morgan fingerprint density at radius 3 is 2.90 bits per heavy atom. The Kier molecular flexibility index (Phi) is 5.33. The lowest BCUT2D eigenvalue weighted by atomic mass is 10.0. The molecule has 21 heavy (non-hydrogen) atoms. The zero-order valence-corrected chi connectivity index (χ0v) is 13.3. The third-order valence-electron chi connectivity index (χ3n) is 3.04. The van der Waals surface area contributed by atoms with E-state index in [1.54, 1.807) is 0 Å². The van der Waals surface area contributed by atoms with Gasteiger partial charge in [-0.3, -0.25) is 4.79 Å². The number of thiazole rings is 1. The highest BCUT2D eigenvalue weighted by atomic mass is 32.1. The van der Waals surface area contributed by atoms with Crippen LogP contribution < -0.4 is 4.74 Å². The highest BCUT2D eigenvalue weighted by Gasteiger charge is 2.08. The summed E-state index contributed by atoms with van der Waals surface area (Å²) in [7, 11) is 1.38. The fraction of sp³-hybridized carbons (Fsp3) is 0.375. The van der Waals surface area contributed by atoms with E-state index in [1.807, 2.05) is 23.6 Å². The van der Waals surface area contributed by atoms with Crippen LogP contribution in [0.4, 0.5) is 0 Å². The molecule has 0 unspecified atom stereocenters. The van der Waals surface area contributed by atoms with Crippen LogP contribution in [-0.2, 0) is 22.6 Å². The minimum atomic E-state index is -0.280. The second kappa shape index (κ2) is 7.22. The average Bonchev–Trinajstić information content (AvgIpc) is 2.92. The lowest BCUT2D eigenvalue weighted by Crippen LogP contribution is -2.05. The number of ether oxygens (including phenoxy) is 2. The number of nitrogens with zero attached hydrogens (tertiary/aromatic N) is 1. The Morgan fingerprint density at radius 2 is 2.19 bits per heavy atom. The molecule has 2 rings (SSSR count). The summed E-state index contributed by atoms with van der Waals surface area (Å²) < 4.78 is 10.4. The van der Waals surface area contributed by atoms with Gasteiger partial charge in [0, 0.05) is 5.38 Å². The molecule has 5 heteroatoms. The van der Waals surface area contributed by atoms with Crippen molar-refractivity contribution in [3.05, 3.63) is 45.9 Å². The lowest BCUT2D eigenvalue weighted by molar-refractivity contribution is -0.139. The van der Waals surface area contributed by atoms with Crippen molar-refractivity contribution in [2.45, 2.75) is 32.8 Å². The van der Waals surface area contributed by atoms with Gasteiger partial charge in [0.05, 0.1) is 19.2 Å². The highest BCUT2D eigenvalue weighted by Crippen LogP contribution is 2.21. The summed E-state index contributed by atoms with van der Waals surface area (Å²) in [6.07, 6.45) is 0.204. The first kappa shape index (κ1) is 15.5. The molecule has 0 fully saturated rings. The summed E-state index contributed by atoms with van der Waals surface area (Å²) in [4.78, 5) is 15.5. The fourth-order valence-electron chi connectivity index (χ4n) is 1.82. The first-order valence-electron chi connectivity index (χ1n) is 6.81. The molecule has 0 aliphatic rings. The molecular weight excluding hydrogens is 286 g/mol. The number of rotatable bonds is 6. The van der Waals surface area contributed by atoms with Gasteiger partial charge >= 0.3 is 5.97 Å². The third kappa shape index (κ3) is 4.56. The van der Waals surface area contributed by atoms with E-state index in [2.05, 4.69) is 29.6 Å². The van der Waals surface area contributed by atoms with Crippen LogP contribution in [-0.4, -0.2) is 18.1 Å². The predicted octanol–water partition coefficient (Wildman–Crippen LogP) is 3.56. The van der Waals surface area contributed by atoms with Crippen molar-refractivity contribution in [2.75, 3.05) is 7.11 Å². The topological polar surface area (TPSA) is 48.4 Å². The summed E-state index contributed by atoms with van der Waals surface area (Å²) >= 11 is 1.49. The van der Waals surface area contributed by atoms with Crippen LogP contribution >= 0.6 is 11.3 Å². The number of carbonyl (C=O) groups excluding carboxylic acids is 1. The number of esters is 1. The molecular formula is C16H19NO3S. The fourth-order valence-corrected chi connectivity index (χ4v) is 2.53. The molecule has 0 saturated heterocycles. The Labute approximate surface area is 128 Å². The molecule has 2 aromatic rings. The van der Waals surface area contributed by atoms with Gasteiger partial charge in [-0.25, -0.2) is 4.98 Å². The maximum atomic E-state index is 11.2. The van der Waals surface area contributed by atoms with Gasteiger partial charge < -0.3 is 9.47 Å². The minimum Gasteiger partial charge on any atom is -0.486 e. The van der Waals surface area contributed by atoms with Crippen LogP contribution in [0.5, 0.6) is 5.75 Å². The van der Waals surface area contributed by atoms with Gasteiger partial charge in [-0.1, -0.05) is 26.0 Å². The zero-order valence-electron chi connectivity index (χ0n) is 12.5. The Balaban J connectivity index is 1.94. The van der Waals surface area contributed by atoms with Gasteiger partial charge in [-0.2, -0.15) is 0 Å². The van der Waals surface area contributed by atoms with Crippen LogP contribution in [0, 0.1) is 0 Å². The second-order valence-corrected chi connectivity index (χ2v) is 5.94. The van der Waals surface area contributed by atoms with E-state index >= 15 is 0 Å². The first-order valence-corrected chi connectivity index (χ1v) is 7.69. The van der Waals surface area contributed by atoms with Gasteiger partial charge in [0.1, 0.15) is 17.4 Å². The van der Waals surface area contributed by atoms with E-state index in [4.69, 9.17) is 4.74 Å². The summed E-state index contributed by atoms with van der Waals surface area (Å²) in [5.41, 5.74) is 1.97. The first-order chi connectivity index (χ1) is 10.1. The zero-order chi connectivity index (χ0) is 15.2. The van der Waals surface area contributed by atoms with E-state index in [-0.39, 0.29) is 12.4 Å². The van der Waals surface area contributed by atoms with E-state index in [9.17, 15) is 4.79 Å². The maximum Gasteiger partial charge on any atom is 0.311 e. The van der Waals surface area contributed by atoms with Crippen molar-refractivity contribution in [3.8, 4) is 5.75 Å². The molecule has 1 heterocycles. The number of hydrogen-bond acceptors (Lipinski definition) is 5. The number of methoxy groups -OCH3 is 1. The van der Waals surface area contributed by atoms with Crippen molar-refractivity contribution in [1.82, 2.24) is 4.98 Å². The molecule has 0 aliphatic heterocycles. The number of benzene rings is 1.